The zero-order valence-electron chi connectivity index (χ0n) is 20.5. The van der Waals surface area contributed by atoms with Gasteiger partial charge in [-0.3, -0.25) is 10.2 Å². The number of hydrogen-bond acceptors (Lipinski definition) is 6. The molecule has 0 radical (unpaired) electrons. The lowest BCUT2D eigenvalue weighted by Gasteiger charge is -2.20. The van der Waals surface area contributed by atoms with Gasteiger partial charge in [0.15, 0.2) is 17.3 Å². The molecule has 2 aliphatic heterocycles. The molecule has 0 spiro atoms. The number of aryl methyl sites for hydroxylation is 1. The van der Waals surface area contributed by atoms with Crippen LogP contribution < -0.4 is 9.47 Å². The van der Waals surface area contributed by atoms with Crippen molar-refractivity contribution in [1.82, 2.24) is 5.01 Å². The molecule has 7 nitrogen and oxygen atoms in total. The average Bonchev–Trinajstić information content (AvgIpc) is 3.32. The number of nitrogens with one attached hydrogen (secondary N) is 1. The highest BCUT2D eigenvalue weighted by atomic mass is 127. The molecule has 192 valence electrons. The van der Waals surface area contributed by atoms with Crippen LogP contribution in [-0.4, -0.2) is 33.6 Å². The van der Waals surface area contributed by atoms with E-state index in [1.165, 1.54) is 28.9 Å². The molecule has 3 aromatic carbocycles. The first-order valence-electron chi connectivity index (χ1n) is 11.7. The summed E-state index contributed by atoms with van der Waals surface area (Å²) in [6, 6.07) is 17.6. The van der Waals surface area contributed by atoms with Crippen molar-refractivity contribution >= 4 is 62.4 Å². The molecule has 3 aromatic rings. The molecule has 1 amide bonds. The molecule has 0 fully saturated rings. The Balaban J connectivity index is 1.42. The fraction of sp³-hybridized carbons (Fsp3) is 0.143. The van der Waals surface area contributed by atoms with Crippen LogP contribution in [-0.2, 0) is 11.4 Å². The van der Waals surface area contributed by atoms with Crippen LogP contribution in [0.2, 0.25) is 0 Å². The third-order valence-corrected chi connectivity index (χ3v) is 7.45. The molecule has 0 aliphatic carbocycles. The molecule has 0 unspecified atom stereocenters. The first-order chi connectivity index (χ1) is 18.3. The van der Waals surface area contributed by atoms with Crippen LogP contribution in [0, 0.1) is 21.7 Å². The van der Waals surface area contributed by atoms with Crippen molar-refractivity contribution in [3.63, 3.8) is 0 Å². The van der Waals surface area contributed by atoms with Crippen LogP contribution in [0.5, 0.6) is 11.5 Å². The van der Waals surface area contributed by atoms with Gasteiger partial charge in [-0.2, -0.15) is 15.1 Å². The standard InChI is InChI=1S/C28H22FIN4O3S/c1-3-36-23-14-18(13-22(30)24(23)37-15-17-6-10-20(29)11-7-17)12-21-25(31)34-28(32-26(21)35)38-27(33-34)19-8-4-16(2)5-9-19/h4-14,31H,3,15H2,1-2H3/b21-12-,31-25?. The number of amides is 1. The summed E-state index contributed by atoms with van der Waals surface area (Å²) in [7, 11) is 0. The van der Waals surface area contributed by atoms with Crippen molar-refractivity contribution in [3.8, 4) is 11.5 Å². The van der Waals surface area contributed by atoms with Crippen molar-refractivity contribution in [2.75, 3.05) is 6.61 Å². The molecule has 38 heavy (non-hydrogen) atoms. The Hall–Kier alpha value is -3.51. The van der Waals surface area contributed by atoms with E-state index in [0.717, 1.165) is 20.3 Å². The smallest absolute Gasteiger partial charge is 0.283 e. The van der Waals surface area contributed by atoms with Crippen molar-refractivity contribution < 1.29 is 18.7 Å². The Kier molecular flexibility index (Phi) is 7.61. The molecule has 0 saturated carbocycles. The van der Waals surface area contributed by atoms with E-state index >= 15 is 0 Å². The van der Waals surface area contributed by atoms with Gasteiger partial charge in [0.2, 0.25) is 5.17 Å². The number of nitrogens with zero attached hydrogens (tertiary/aromatic N) is 3. The van der Waals surface area contributed by atoms with E-state index in [-0.39, 0.29) is 23.8 Å². The molecule has 0 bridgehead atoms. The third-order valence-electron chi connectivity index (χ3n) is 5.69. The largest absolute Gasteiger partial charge is 0.490 e. The number of fused-ring (bicyclic) bond motifs is 1. The second-order valence-corrected chi connectivity index (χ2v) is 10.6. The van der Waals surface area contributed by atoms with Crippen LogP contribution in [0.3, 0.4) is 0 Å². The van der Waals surface area contributed by atoms with Gasteiger partial charge in [0.25, 0.3) is 5.91 Å². The fourth-order valence-corrected chi connectivity index (χ4v) is 5.46. The molecular formula is C28H22FIN4O3S. The molecule has 10 heteroatoms. The summed E-state index contributed by atoms with van der Waals surface area (Å²) in [6.45, 7) is 4.53. The summed E-state index contributed by atoms with van der Waals surface area (Å²) in [5.74, 6) is 0.203. The van der Waals surface area contributed by atoms with Gasteiger partial charge in [-0.1, -0.05) is 42.0 Å². The van der Waals surface area contributed by atoms with E-state index in [9.17, 15) is 9.18 Å². The average molecular weight is 640 g/mol. The lowest BCUT2D eigenvalue weighted by molar-refractivity contribution is -0.114. The van der Waals surface area contributed by atoms with E-state index in [2.05, 4.69) is 32.7 Å². The van der Waals surface area contributed by atoms with Crippen LogP contribution in [0.25, 0.3) is 6.08 Å². The maximum Gasteiger partial charge on any atom is 0.283 e. The summed E-state index contributed by atoms with van der Waals surface area (Å²) in [4.78, 5) is 17.1. The van der Waals surface area contributed by atoms with Gasteiger partial charge in [0.1, 0.15) is 17.5 Å². The predicted octanol–water partition coefficient (Wildman–Crippen LogP) is 6.38. The normalized spacial score (nSPS) is 15.9. The van der Waals surface area contributed by atoms with Crippen LogP contribution >= 0.6 is 34.4 Å². The topological polar surface area (TPSA) is 87.3 Å². The van der Waals surface area contributed by atoms with Gasteiger partial charge in [0.05, 0.1) is 15.8 Å². The van der Waals surface area contributed by atoms with Gasteiger partial charge >= 0.3 is 0 Å². The van der Waals surface area contributed by atoms with E-state index in [4.69, 9.17) is 14.9 Å². The number of hydrazone groups is 1. The highest BCUT2D eigenvalue weighted by Gasteiger charge is 2.36. The number of carbonyl (C=O) groups excluding carboxylic acids is 1. The summed E-state index contributed by atoms with van der Waals surface area (Å²) < 4.78 is 25.8. The minimum absolute atomic E-state index is 0.0424. The molecule has 1 N–H and O–H groups in total. The molecule has 0 atom stereocenters. The van der Waals surface area contributed by atoms with E-state index in [1.807, 2.05) is 44.2 Å². The minimum Gasteiger partial charge on any atom is -0.490 e. The number of halogens is 2. The monoisotopic (exact) mass is 640 g/mol. The first-order valence-corrected chi connectivity index (χ1v) is 13.6. The van der Waals surface area contributed by atoms with E-state index in [0.29, 0.717) is 33.9 Å². The van der Waals surface area contributed by atoms with Crippen molar-refractivity contribution in [2.45, 2.75) is 20.5 Å². The number of carbonyl (C=O) groups is 1. The molecule has 2 aliphatic rings. The SMILES string of the molecule is CCOc1cc(/C=C2/C(=N)N3N=C(c4ccc(C)cc4)SC3=NC2=O)cc(I)c1OCc1ccc(F)cc1. The second-order valence-electron chi connectivity index (χ2n) is 8.47. The predicted molar refractivity (Wildman–Crippen MR) is 156 cm³/mol. The number of hydrogen-bond donors (Lipinski definition) is 1. The third kappa shape index (κ3) is 5.51. The first kappa shape index (κ1) is 26.1. The van der Waals surface area contributed by atoms with Gasteiger partial charge < -0.3 is 9.47 Å². The summed E-state index contributed by atoms with van der Waals surface area (Å²) in [6.07, 6.45) is 1.61. The van der Waals surface area contributed by atoms with Gasteiger partial charge in [0, 0.05) is 5.56 Å². The highest BCUT2D eigenvalue weighted by Crippen LogP contribution is 2.36. The molecule has 0 saturated heterocycles. The number of rotatable bonds is 7. The summed E-state index contributed by atoms with van der Waals surface area (Å²) >= 11 is 3.41. The second kappa shape index (κ2) is 11.1. The van der Waals surface area contributed by atoms with Crippen molar-refractivity contribution in [1.29, 1.82) is 5.41 Å². The Morgan fingerprint density at radius 3 is 2.55 bits per heavy atom. The number of amidine groups is 2. The fourth-order valence-electron chi connectivity index (χ4n) is 3.78. The van der Waals surface area contributed by atoms with Crippen molar-refractivity contribution in [3.05, 3.63) is 97.9 Å². The van der Waals surface area contributed by atoms with Crippen LogP contribution in [0.4, 0.5) is 4.39 Å². The Bertz CT molecular complexity index is 1520. The van der Waals surface area contributed by atoms with Gasteiger partial charge in [-0.05, 0) is 89.7 Å². The number of benzene rings is 3. The quantitative estimate of drug-likeness (QED) is 0.239. The lowest BCUT2D eigenvalue weighted by Crippen LogP contribution is -2.35. The minimum atomic E-state index is -0.501. The Morgan fingerprint density at radius 2 is 1.84 bits per heavy atom. The molecule has 5 rings (SSSR count). The van der Waals surface area contributed by atoms with Gasteiger partial charge in [-0.25, -0.2) is 4.39 Å². The zero-order valence-corrected chi connectivity index (χ0v) is 23.5. The maximum atomic E-state index is 13.2. The Labute approximate surface area is 237 Å². The highest BCUT2D eigenvalue weighted by molar-refractivity contribution is 14.1. The number of ether oxygens (including phenoxy) is 2. The summed E-state index contributed by atoms with van der Waals surface area (Å²) in [5.41, 5.74) is 3.64. The van der Waals surface area contributed by atoms with E-state index < -0.39 is 5.91 Å². The van der Waals surface area contributed by atoms with Crippen molar-refractivity contribution in [2.24, 2.45) is 10.1 Å². The maximum absolute atomic E-state index is 13.2. The number of thioether (sulfide) groups is 1. The van der Waals surface area contributed by atoms with Crippen LogP contribution in [0.15, 0.2) is 76.3 Å². The van der Waals surface area contributed by atoms with Gasteiger partial charge in [-0.15, -0.1) is 0 Å². The lowest BCUT2D eigenvalue weighted by atomic mass is 10.1. The van der Waals surface area contributed by atoms with E-state index in [1.54, 1.807) is 24.3 Å². The molecule has 2 heterocycles. The zero-order chi connectivity index (χ0) is 26.8. The Morgan fingerprint density at radius 1 is 1.11 bits per heavy atom. The number of aliphatic imine (C=N–C) groups is 1. The van der Waals surface area contributed by atoms with Crippen LogP contribution in [0.1, 0.15) is 29.2 Å². The summed E-state index contributed by atoms with van der Waals surface area (Å²) in [5, 5.41) is 15.7. The molecular weight excluding hydrogens is 618 g/mol. The molecule has 0 aromatic heterocycles.